The second-order valence-electron chi connectivity index (χ2n) is 6.69. The van der Waals surface area contributed by atoms with E-state index in [0.29, 0.717) is 33.0 Å². The van der Waals surface area contributed by atoms with Crippen molar-refractivity contribution in [1.82, 2.24) is 15.2 Å². The molecule has 0 aliphatic heterocycles. The predicted octanol–water partition coefficient (Wildman–Crippen LogP) is 5.42. The van der Waals surface area contributed by atoms with Gasteiger partial charge in [0.2, 0.25) is 0 Å². The number of thiazole rings is 1. The number of carbonyl (C=O) groups is 2. The van der Waals surface area contributed by atoms with Gasteiger partial charge in [-0.25, -0.2) is 9.78 Å². The average Bonchev–Trinajstić information content (AvgIpc) is 3.11. The van der Waals surface area contributed by atoms with Crippen molar-refractivity contribution in [3.63, 3.8) is 0 Å². The molecule has 1 aromatic carbocycles. The van der Waals surface area contributed by atoms with Crippen LogP contribution in [0.4, 0.5) is 10.5 Å². The summed E-state index contributed by atoms with van der Waals surface area (Å²) in [4.78, 5) is 30.9. The van der Waals surface area contributed by atoms with Gasteiger partial charge in [-0.3, -0.25) is 4.79 Å². The third-order valence-corrected chi connectivity index (χ3v) is 5.71. The van der Waals surface area contributed by atoms with Crippen LogP contribution in [0.5, 0.6) is 0 Å². The number of nitrogens with one attached hydrogen (secondary N) is 2. The van der Waals surface area contributed by atoms with Crippen molar-refractivity contribution in [1.29, 1.82) is 0 Å². The predicted molar refractivity (Wildman–Crippen MR) is 115 cm³/mol. The Labute approximate surface area is 179 Å². The summed E-state index contributed by atoms with van der Waals surface area (Å²) < 4.78 is 0. The van der Waals surface area contributed by atoms with Crippen molar-refractivity contribution in [2.75, 3.05) is 5.32 Å². The maximum Gasteiger partial charge on any atom is 0.322 e. The molecule has 9 heteroatoms. The molecule has 152 valence electrons. The summed E-state index contributed by atoms with van der Waals surface area (Å²) in [5.41, 5.74) is 0.923. The van der Waals surface area contributed by atoms with Gasteiger partial charge in [0.25, 0.3) is 5.91 Å². The Hall–Kier alpha value is -1.83. The molecular weight excluding hydrogens is 419 g/mol. The van der Waals surface area contributed by atoms with Gasteiger partial charge < -0.3 is 15.5 Å². The lowest BCUT2D eigenvalue weighted by Crippen LogP contribution is -2.39. The van der Waals surface area contributed by atoms with Gasteiger partial charge in [-0.1, -0.05) is 30.1 Å². The van der Waals surface area contributed by atoms with Gasteiger partial charge in [0.1, 0.15) is 10.7 Å². The van der Waals surface area contributed by atoms with Crippen LogP contribution in [0, 0.1) is 0 Å². The largest absolute Gasteiger partial charge is 0.348 e. The molecule has 0 saturated carbocycles. The Kier molecular flexibility index (Phi) is 8.10. The second kappa shape index (κ2) is 10.1. The third kappa shape index (κ3) is 6.09. The van der Waals surface area contributed by atoms with Crippen molar-refractivity contribution >= 4 is 52.2 Å². The van der Waals surface area contributed by atoms with Crippen molar-refractivity contribution in [3.05, 3.63) is 44.3 Å². The van der Waals surface area contributed by atoms with Gasteiger partial charge in [-0.2, -0.15) is 0 Å². The maximum atomic E-state index is 12.7. The molecule has 6 nitrogen and oxygen atoms in total. The number of hydrogen-bond donors (Lipinski definition) is 2. The number of benzene rings is 1. The molecular formula is C19H24Cl2N4O2S. The standard InChI is InChI=1S/C19H24Cl2N4O2S/c1-5-12(4)22-18(26)16-10-28-17(24-16)9-25(11(2)3)19(27)23-13-6-7-14(20)15(21)8-13/h6-8,10-12H,5,9H2,1-4H3,(H,22,26)(H,23,27). The van der Waals surface area contributed by atoms with Crippen LogP contribution in [-0.4, -0.2) is 33.9 Å². The summed E-state index contributed by atoms with van der Waals surface area (Å²) in [6, 6.07) is 4.65. The molecule has 0 aliphatic rings. The first-order valence-electron chi connectivity index (χ1n) is 8.99. The van der Waals surface area contributed by atoms with Crippen LogP contribution in [0.25, 0.3) is 0 Å². The third-order valence-electron chi connectivity index (χ3n) is 4.13. The molecule has 0 fully saturated rings. The zero-order valence-corrected chi connectivity index (χ0v) is 18.6. The highest BCUT2D eigenvalue weighted by atomic mass is 35.5. The molecule has 0 aliphatic carbocycles. The Morgan fingerprint density at radius 2 is 1.93 bits per heavy atom. The number of nitrogens with zero attached hydrogens (tertiary/aromatic N) is 2. The SMILES string of the molecule is CCC(C)NC(=O)c1csc(CN(C(=O)Nc2ccc(Cl)c(Cl)c2)C(C)C)n1. The molecule has 3 amide bonds. The molecule has 1 unspecified atom stereocenters. The van der Waals surface area contributed by atoms with Crippen LogP contribution in [0.15, 0.2) is 23.6 Å². The van der Waals surface area contributed by atoms with E-state index in [1.165, 1.54) is 11.3 Å². The summed E-state index contributed by atoms with van der Waals surface area (Å²) in [7, 11) is 0. The minimum Gasteiger partial charge on any atom is -0.348 e. The number of carbonyl (C=O) groups excluding carboxylic acids is 2. The van der Waals surface area contributed by atoms with Crippen LogP contribution >= 0.6 is 34.5 Å². The number of rotatable bonds is 7. The lowest BCUT2D eigenvalue weighted by Gasteiger charge is -2.26. The molecule has 2 rings (SSSR count). The minimum absolute atomic E-state index is 0.0657. The van der Waals surface area contributed by atoms with E-state index in [2.05, 4.69) is 15.6 Å². The van der Waals surface area contributed by atoms with Gasteiger partial charge in [0.15, 0.2) is 0 Å². The summed E-state index contributed by atoms with van der Waals surface area (Å²) in [6.07, 6.45) is 0.846. The molecule has 1 aromatic heterocycles. The number of amides is 3. The average molecular weight is 443 g/mol. The van der Waals surface area contributed by atoms with Crippen LogP contribution < -0.4 is 10.6 Å². The van der Waals surface area contributed by atoms with Gasteiger partial charge in [0.05, 0.1) is 16.6 Å². The molecule has 2 N–H and O–H groups in total. The zero-order chi connectivity index (χ0) is 20.8. The molecule has 2 aromatic rings. The van der Waals surface area contributed by atoms with Crippen LogP contribution in [0.1, 0.15) is 49.6 Å². The van der Waals surface area contributed by atoms with Crippen molar-refractivity contribution < 1.29 is 9.59 Å². The molecule has 0 radical (unpaired) electrons. The zero-order valence-electron chi connectivity index (χ0n) is 16.3. The quantitative estimate of drug-likeness (QED) is 0.600. The summed E-state index contributed by atoms with van der Waals surface area (Å²) in [6.45, 7) is 8.08. The fraction of sp³-hybridized carbons (Fsp3) is 0.421. The van der Waals surface area contributed by atoms with Crippen LogP contribution in [0.2, 0.25) is 10.0 Å². The molecule has 1 atom stereocenters. The van der Waals surface area contributed by atoms with Crippen LogP contribution in [-0.2, 0) is 6.54 Å². The summed E-state index contributed by atoms with van der Waals surface area (Å²) in [5, 5.41) is 8.89. The number of anilines is 1. The molecule has 0 spiro atoms. The number of hydrogen-bond acceptors (Lipinski definition) is 4. The number of aromatic nitrogens is 1. The lowest BCUT2D eigenvalue weighted by molar-refractivity contribution is 0.0934. The normalized spacial score (nSPS) is 12.0. The highest BCUT2D eigenvalue weighted by molar-refractivity contribution is 7.09. The van der Waals surface area contributed by atoms with Crippen molar-refractivity contribution in [2.45, 2.75) is 52.7 Å². The first kappa shape index (κ1) is 22.5. The van der Waals surface area contributed by atoms with E-state index in [4.69, 9.17) is 23.2 Å². The fourth-order valence-electron chi connectivity index (χ4n) is 2.29. The van der Waals surface area contributed by atoms with E-state index in [0.717, 1.165) is 6.42 Å². The first-order valence-corrected chi connectivity index (χ1v) is 10.6. The molecule has 28 heavy (non-hydrogen) atoms. The van der Waals surface area contributed by atoms with E-state index < -0.39 is 0 Å². The second-order valence-corrected chi connectivity index (χ2v) is 8.45. The van der Waals surface area contributed by atoms with Crippen LogP contribution in [0.3, 0.4) is 0 Å². The summed E-state index contributed by atoms with van der Waals surface area (Å²) in [5.74, 6) is -0.201. The van der Waals surface area contributed by atoms with Gasteiger partial charge in [-0.05, 0) is 45.4 Å². The number of urea groups is 1. The lowest BCUT2D eigenvalue weighted by atomic mass is 10.2. The first-order chi connectivity index (χ1) is 13.2. The Morgan fingerprint density at radius 1 is 1.21 bits per heavy atom. The Morgan fingerprint density at radius 3 is 2.54 bits per heavy atom. The van der Waals surface area contributed by atoms with Gasteiger partial charge in [-0.15, -0.1) is 11.3 Å². The molecule has 0 bridgehead atoms. The van der Waals surface area contributed by atoms with E-state index in [-0.39, 0.29) is 24.0 Å². The van der Waals surface area contributed by atoms with E-state index >= 15 is 0 Å². The van der Waals surface area contributed by atoms with Crippen molar-refractivity contribution in [2.24, 2.45) is 0 Å². The fourth-order valence-corrected chi connectivity index (χ4v) is 3.36. The van der Waals surface area contributed by atoms with E-state index in [9.17, 15) is 9.59 Å². The van der Waals surface area contributed by atoms with E-state index in [1.807, 2.05) is 27.7 Å². The summed E-state index contributed by atoms with van der Waals surface area (Å²) >= 11 is 13.3. The van der Waals surface area contributed by atoms with E-state index in [1.54, 1.807) is 28.5 Å². The monoisotopic (exact) mass is 442 g/mol. The highest BCUT2D eigenvalue weighted by Gasteiger charge is 2.21. The van der Waals surface area contributed by atoms with Gasteiger partial charge in [0, 0.05) is 23.2 Å². The Bertz CT molecular complexity index is 841. The Balaban J connectivity index is 2.07. The van der Waals surface area contributed by atoms with Crippen molar-refractivity contribution in [3.8, 4) is 0 Å². The minimum atomic E-state index is -0.283. The molecule has 0 saturated heterocycles. The van der Waals surface area contributed by atoms with Gasteiger partial charge >= 0.3 is 6.03 Å². The smallest absolute Gasteiger partial charge is 0.322 e. The number of halogens is 2. The topological polar surface area (TPSA) is 74.3 Å². The highest BCUT2D eigenvalue weighted by Crippen LogP contribution is 2.25. The maximum absolute atomic E-state index is 12.7. The molecule has 1 heterocycles.